The molecule has 5 heterocycles. The molecule has 4 aliphatic heterocycles. The van der Waals surface area contributed by atoms with Crippen LogP contribution in [0.25, 0.3) is 27.5 Å². The molecule has 0 atom stereocenters. The molecule has 0 spiro atoms. The van der Waals surface area contributed by atoms with E-state index in [1.165, 1.54) is 100 Å². The molecule has 0 radical (unpaired) electrons. The lowest BCUT2D eigenvalue weighted by Crippen LogP contribution is -2.64. The van der Waals surface area contributed by atoms with Crippen molar-refractivity contribution in [1.82, 2.24) is 4.57 Å². The van der Waals surface area contributed by atoms with Crippen molar-refractivity contribution in [3.05, 3.63) is 206 Å². The number of rotatable bonds is 3. The topological polar surface area (TPSA) is 14.7 Å². The Kier molecular flexibility index (Phi) is 6.42. The highest BCUT2D eigenvalue weighted by molar-refractivity contribution is 7.03. The predicted octanol–water partition coefficient (Wildman–Crippen LogP) is 9.48. The molecule has 0 bridgehead atoms. The van der Waals surface area contributed by atoms with Crippen molar-refractivity contribution in [2.24, 2.45) is 0 Å². The number of anilines is 9. The minimum atomic E-state index is 0.00128. The van der Waals surface area contributed by atoms with Crippen molar-refractivity contribution in [1.29, 1.82) is 0 Å². The fraction of sp³-hybridized carbons (Fsp3) is 0. The lowest BCUT2D eigenvalue weighted by molar-refractivity contribution is 1.18. The van der Waals surface area contributed by atoms with Gasteiger partial charge in [0, 0.05) is 62.0 Å². The molecule has 0 aliphatic carbocycles. The number of hydrogen-bond acceptors (Lipinski definition) is 3. The molecule has 0 saturated heterocycles. The van der Waals surface area contributed by atoms with Gasteiger partial charge >= 0.3 is 0 Å². The number of hydrogen-bond donors (Lipinski definition) is 0. The summed E-state index contributed by atoms with van der Waals surface area (Å²) in [6, 6.07) is 76.6. The number of nitrogens with zero attached hydrogens (tertiary/aromatic N) is 4. The van der Waals surface area contributed by atoms with Gasteiger partial charge in [-0.15, -0.1) is 0 Å². The lowest BCUT2D eigenvalue weighted by Gasteiger charge is -2.45. The molecule has 14 rings (SSSR count). The van der Waals surface area contributed by atoms with Crippen LogP contribution in [0.4, 0.5) is 51.2 Å². The van der Waals surface area contributed by atoms with E-state index in [4.69, 9.17) is 0 Å². The molecule has 4 nitrogen and oxygen atoms in total. The third kappa shape index (κ3) is 4.07. The van der Waals surface area contributed by atoms with E-state index in [-0.39, 0.29) is 13.4 Å². The highest BCUT2D eigenvalue weighted by Gasteiger charge is 2.48. The van der Waals surface area contributed by atoms with Gasteiger partial charge in [-0.1, -0.05) is 127 Å². The summed E-state index contributed by atoms with van der Waals surface area (Å²) in [6.07, 6.45) is 0. The Hall–Kier alpha value is -7.69. The van der Waals surface area contributed by atoms with Gasteiger partial charge in [0.2, 0.25) is 0 Å². The maximum absolute atomic E-state index is 2.63. The number of aromatic nitrogens is 1. The van der Waals surface area contributed by atoms with E-state index < -0.39 is 0 Å². The van der Waals surface area contributed by atoms with E-state index >= 15 is 0 Å². The molecule has 0 saturated carbocycles. The molecule has 1 aromatic heterocycles. The molecule has 0 amide bonds. The van der Waals surface area contributed by atoms with Gasteiger partial charge in [-0.2, -0.15) is 0 Å². The van der Waals surface area contributed by atoms with Crippen molar-refractivity contribution >= 4 is 119 Å². The van der Waals surface area contributed by atoms with Gasteiger partial charge in [-0.05, 0) is 112 Å². The van der Waals surface area contributed by atoms with Crippen molar-refractivity contribution in [2.45, 2.75) is 0 Å². The molecule has 9 aromatic carbocycles. The summed E-state index contributed by atoms with van der Waals surface area (Å²) in [4.78, 5) is 7.53. The van der Waals surface area contributed by atoms with E-state index in [2.05, 4.69) is 226 Å². The molecular weight excluding hydrogens is 726 g/mol. The van der Waals surface area contributed by atoms with Gasteiger partial charge in [-0.25, -0.2) is 0 Å². The average molecular weight is 761 g/mol. The smallest absolute Gasteiger partial charge is 0.252 e. The maximum Gasteiger partial charge on any atom is 0.252 e. The zero-order valence-corrected chi connectivity index (χ0v) is 32.6. The Morgan fingerprint density at radius 3 is 1.35 bits per heavy atom. The van der Waals surface area contributed by atoms with Crippen LogP contribution in [-0.2, 0) is 0 Å². The Bertz CT molecular complexity index is 3420. The second-order valence-electron chi connectivity index (χ2n) is 16.4. The Labute approximate surface area is 349 Å². The van der Waals surface area contributed by atoms with E-state index in [0.29, 0.717) is 0 Å². The zero-order valence-electron chi connectivity index (χ0n) is 32.6. The van der Waals surface area contributed by atoms with Gasteiger partial charge in [0.25, 0.3) is 13.4 Å². The van der Waals surface area contributed by atoms with Crippen molar-refractivity contribution in [3.8, 4) is 5.69 Å². The average Bonchev–Trinajstić information content (AvgIpc) is 3.67. The summed E-state index contributed by atoms with van der Waals surface area (Å²) in [7, 11) is 0. The second kappa shape index (κ2) is 11.9. The first-order valence-electron chi connectivity index (χ1n) is 20.9. The van der Waals surface area contributed by atoms with Crippen LogP contribution >= 0.6 is 0 Å². The van der Waals surface area contributed by atoms with Gasteiger partial charge in [0.05, 0.1) is 16.7 Å². The zero-order chi connectivity index (χ0) is 39.1. The quantitative estimate of drug-likeness (QED) is 0.167. The molecule has 0 unspecified atom stereocenters. The minimum absolute atomic E-state index is 0.00128. The van der Waals surface area contributed by atoms with Crippen molar-refractivity contribution < 1.29 is 0 Å². The van der Waals surface area contributed by atoms with Crippen LogP contribution in [0.2, 0.25) is 0 Å². The summed E-state index contributed by atoms with van der Waals surface area (Å²) in [5.74, 6) is 0. The van der Waals surface area contributed by atoms with E-state index in [0.717, 1.165) is 11.4 Å². The van der Waals surface area contributed by atoms with Crippen LogP contribution in [-0.4, -0.2) is 18.0 Å². The van der Waals surface area contributed by atoms with E-state index in [1.807, 2.05) is 0 Å². The molecule has 0 fully saturated rings. The van der Waals surface area contributed by atoms with Crippen LogP contribution in [0.5, 0.6) is 0 Å². The number of fused-ring (bicyclic) bond motifs is 12. The largest absolute Gasteiger partial charge is 0.311 e. The fourth-order valence-electron chi connectivity index (χ4n) is 11.3. The van der Waals surface area contributed by atoms with Crippen molar-refractivity contribution in [2.75, 3.05) is 14.7 Å². The Morgan fingerprint density at radius 1 is 0.317 bits per heavy atom. The summed E-state index contributed by atoms with van der Waals surface area (Å²) in [5, 5.41) is 2.57. The summed E-state index contributed by atoms with van der Waals surface area (Å²) >= 11 is 0. The highest BCUT2D eigenvalue weighted by Crippen LogP contribution is 2.49. The highest BCUT2D eigenvalue weighted by atomic mass is 15.2. The predicted molar refractivity (Wildman–Crippen MR) is 254 cm³/mol. The van der Waals surface area contributed by atoms with Crippen LogP contribution in [0.3, 0.4) is 0 Å². The van der Waals surface area contributed by atoms with Crippen molar-refractivity contribution in [3.63, 3.8) is 0 Å². The van der Waals surface area contributed by atoms with Crippen LogP contribution in [0, 0.1) is 0 Å². The molecule has 6 heteroatoms. The standard InChI is InChI=1S/C54H34B2N4/c1-4-18-35(19-5-1)57-44-28-14-11-25-39(44)55-41-34-42-54-50(53(41)59(37-22-8-3-9-23-37)48-32-16-30-46(57)51(48)55)38-24-10-13-27-43(38)60(54)49-33-17-31-47-52(49)56(42)40-26-12-15-29-45(40)58(47)36-20-6-2-7-21-36/h1-34H. The van der Waals surface area contributed by atoms with E-state index in [9.17, 15) is 0 Å². The third-order valence-electron chi connectivity index (χ3n) is 13.5. The van der Waals surface area contributed by atoms with Gasteiger partial charge in [-0.3, -0.25) is 0 Å². The Balaban J connectivity index is 1.16. The maximum atomic E-state index is 2.63. The normalized spacial score (nSPS) is 13.8. The molecule has 60 heavy (non-hydrogen) atoms. The first-order valence-corrected chi connectivity index (χ1v) is 20.9. The third-order valence-corrected chi connectivity index (χ3v) is 13.5. The number of benzene rings is 9. The summed E-state index contributed by atoms with van der Waals surface area (Å²) in [5.41, 5.74) is 22.7. The lowest BCUT2D eigenvalue weighted by atomic mass is 9.30. The first kappa shape index (κ1) is 32.3. The minimum Gasteiger partial charge on any atom is -0.311 e. The molecular formula is C54H34B2N4. The van der Waals surface area contributed by atoms with Crippen LogP contribution in [0.15, 0.2) is 206 Å². The SMILES string of the molecule is c1ccc(N2c3ccccc3B3c4cc5c6c(c4N(c4ccccc4)c4cccc2c43)c2ccccc2n6-c2cccc3c2B5c2ccccc2N3c2ccccc2)cc1. The molecule has 10 aromatic rings. The van der Waals surface area contributed by atoms with Gasteiger partial charge in [0.15, 0.2) is 0 Å². The second-order valence-corrected chi connectivity index (χ2v) is 16.4. The van der Waals surface area contributed by atoms with Gasteiger partial charge in [0.1, 0.15) is 0 Å². The van der Waals surface area contributed by atoms with Crippen LogP contribution in [0.1, 0.15) is 0 Å². The van der Waals surface area contributed by atoms with Crippen LogP contribution < -0.4 is 47.5 Å². The summed E-state index contributed by atoms with van der Waals surface area (Å²) in [6.45, 7) is 0.0276. The Morgan fingerprint density at radius 2 is 0.750 bits per heavy atom. The fourth-order valence-corrected chi connectivity index (χ4v) is 11.3. The van der Waals surface area contributed by atoms with Gasteiger partial charge < -0.3 is 19.3 Å². The first-order chi connectivity index (χ1) is 29.8. The summed E-state index contributed by atoms with van der Waals surface area (Å²) < 4.78 is 2.59. The molecule has 4 aliphatic rings. The monoisotopic (exact) mass is 760 g/mol. The molecule has 276 valence electrons. The van der Waals surface area contributed by atoms with E-state index in [1.54, 1.807) is 0 Å². The molecule has 0 N–H and O–H groups in total. The number of para-hydroxylation sites is 6.